The Morgan fingerprint density at radius 2 is 1.92 bits per heavy atom. The average Bonchev–Trinajstić information content (AvgIpc) is 2.74. The number of benzene rings is 1. The Bertz CT molecular complexity index is 702. The molecule has 1 aliphatic rings. The number of halogens is 1. The molecule has 0 fully saturated rings. The summed E-state index contributed by atoms with van der Waals surface area (Å²) < 4.78 is 5.15. The molecule has 4 nitrogen and oxygen atoms in total. The molecule has 5 heteroatoms. The summed E-state index contributed by atoms with van der Waals surface area (Å²) in [6.45, 7) is 8.43. The number of hydrogen-bond acceptors (Lipinski definition) is 3. The number of rotatable bonds is 5. The van der Waals surface area contributed by atoms with Crippen LogP contribution in [0.2, 0.25) is 5.02 Å². The largest absolute Gasteiger partial charge is 0.462 e. The molecular formula is C19H22ClNO3. The molecule has 0 saturated heterocycles. The Morgan fingerprint density at radius 1 is 1.29 bits per heavy atom. The van der Waals surface area contributed by atoms with Crippen molar-refractivity contribution in [3.63, 3.8) is 0 Å². The molecule has 0 unspecified atom stereocenters. The molecule has 0 aliphatic carbocycles. The van der Waals surface area contributed by atoms with E-state index in [1.165, 1.54) is 0 Å². The Kier molecular flexibility index (Phi) is 5.84. The van der Waals surface area contributed by atoms with E-state index < -0.39 is 5.97 Å². The van der Waals surface area contributed by atoms with Crippen LogP contribution in [-0.2, 0) is 14.3 Å². The highest BCUT2D eigenvalue weighted by Crippen LogP contribution is 2.32. The highest BCUT2D eigenvalue weighted by atomic mass is 35.5. The molecule has 1 aliphatic heterocycles. The van der Waals surface area contributed by atoms with Gasteiger partial charge in [-0.2, -0.15) is 0 Å². The molecular weight excluding hydrogens is 326 g/mol. The number of esters is 1. The lowest BCUT2D eigenvalue weighted by Gasteiger charge is -2.19. The number of hydrogen-bond donors (Lipinski definition) is 0. The lowest BCUT2D eigenvalue weighted by molar-refractivity contribution is -0.138. The summed E-state index contributed by atoms with van der Waals surface area (Å²) in [4.78, 5) is 26.8. The van der Waals surface area contributed by atoms with Crippen molar-refractivity contribution in [2.75, 3.05) is 13.2 Å². The van der Waals surface area contributed by atoms with E-state index in [9.17, 15) is 9.59 Å². The first-order valence-electron chi connectivity index (χ1n) is 8.02. The van der Waals surface area contributed by atoms with Crippen molar-refractivity contribution in [3.8, 4) is 0 Å². The third kappa shape index (κ3) is 3.88. The maximum Gasteiger partial charge on any atom is 0.340 e. The normalized spacial score (nSPS) is 16.5. The first-order chi connectivity index (χ1) is 11.3. The van der Waals surface area contributed by atoms with Gasteiger partial charge in [0.05, 0.1) is 17.8 Å². The van der Waals surface area contributed by atoms with Gasteiger partial charge in [0.25, 0.3) is 5.91 Å². The first-order valence-corrected chi connectivity index (χ1v) is 8.40. The highest BCUT2D eigenvalue weighted by Gasteiger charge is 2.37. The molecule has 1 aromatic carbocycles. The fourth-order valence-electron chi connectivity index (χ4n) is 2.64. The number of nitrogens with zero attached hydrogens (tertiary/aromatic N) is 1. The maximum atomic E-state index is 12.8. The van der Waals surface area contributed by atoms with Gasteiger partial charge >= 0.3 is 5.97 Å². The smallest absolute Gasteiger partial charge is 0.340 e. The predicted molar refractivity (Wildman–Crippen MR) is 95.3 cm³/mol. The van der Waals surface area contributed by atoms with Crippen LogP contribution in [0.1, 0.15) is 33.3 Å². The van der Waals surface area contributed by atoms with Crippen LogP contribution in [0, 0.1) is 5.92 Å². The zero-order valence-corrected chi connectivity index (χ0v) is 15.2. The van der Waals surface area contributed by atoms with Gasteiger partial charge in [0, 0.05) is 17.3 Å². The molecule has 0 saturated carbocycles. The summed E-state index contributed by atoms with van der Waals surface area (Å²) in [5.41, 5.74) is 2.17. The zero-order chi connectivity index (χ0) is 17.9. The van der Waals surface area contributed by atoms with Crippen LogP contribution in [0.4, 0.5) is 0 Å². The van der Waals surface area contributed by atoms with Crippen molar-refractivity contribution >= 4 is 29.6 Å². The van der Waals surface area contributed by atoms with Gasteiger partial charge in [0.1, 0.15) is 0 Å². The van der Waals surface area contributed by atoms with E-state index in [2.05, 4.69) is 0 Å². The van der Waals surface area contributed by atoms with E-state index in [1.54, 1.807) is 37.0 Å². The van der Waals surface area contributed by atoms with Crippen molar-refractivity contribution in [2.45, 2.75) is 27.7 Å². The fourth-order valence-corrected chi connectivity index (χ4v) is 2.77. The minimum Gasteiger partial charge on any atom is -0.462 e. The second-order valence-corrected chi connectivity index (χ2v) is 6.54. The topological polar surface area (TPSA) is 46.6 Å². The molecule has 1 amide bonds. The van der Waals surface area contributed by atoms with Gasteiger partial charge in [-0.05, 0) is 43.5 Å². The van der Waals surface area contributed by atoms with Gasteiger partial charge in [0.15, 0.2) is 0 Å². The summed E-state index contributed by atoms with van der Waals surface area (Å²) in [5, 5.41) is 0.619. The predicted octanol–water partition coefficient (Wildman–Crippen LogP) is 4.06. The molecule has 2 rings (SSSR count). The van der Waals surface area contributed by atoms with Crippen LogP contribution in [-0.4, -0.2) is 29.9 Å². The van der Waals surface area contributed by atoms with E-state index in [-0.39, 0.29) is 12.5 Å². The van der Waals surface area contributed by atoms with Crippen LogP contribution in [0.3, 0.4) is 0 Å². The second kappa shape index (κ2) is 7.67. The Hall–Kier alpha value is -2.07. The van der Waals surface area contributed by atoms with Gasteiger partial charge in [-0.1, -0.05) is 37.6 Å². The van der Waals surface area contributed by atoms with E-state index in [0.717, 1.165) is 5.56 Å². The van der Waals surface area contributed by atoms with Crippen LogP contribution in [0.25, 0.3) is 6.08 Å². The molecule has 0 spiro atoms. The van der Waals surface area contributed by atoms with Gasteiger partial charge in [-0.15, -0.1) is 0 Å². The van der Waals surface area contributed by atoms with Crippen molar-refractivity contribution in [2.24, 2.45) is 5.92 Å². The van der Waals surface area contributed by atoms with E-state index in [0.29, 0.717) is 34.3 Å². The minimum atomic E-state index is -0.463. The van der Waals surface area contributed by atoms with Crippen LogP contribution < -0.4 is 0 Å². The summed E-state index contributed by atoms with van der Waals surface area (Å²) >= 11 is 5.90. The quantitative estimate of drug-likeness (QED) is 0.596. The van der Waals surface area contributed by atoms with E-state index in [1.807, 2.05) is 26.0 Å². The monoisotopic (exact) mass is 347 g/mol. The molecule has 0 bridgehead atoms. The summed E-state index contributed by atoms with van der Waals surface area (Å²) in [6.07, 6.45) is 1.72. The summed E-state index contributed by atoms with van der Waals surface area (Å²) in [6, 6.07) is 7.12. The number of carbonyl (C=O) groups is 2. The Labute approximate surface area is 147 Å². The third-order valence-electron chi connectivity index (χ3n) is 3.72. The van der Waals surface area contributed by atoms with Crippen LogP contribution >= 0.6 is 11.6 Å². The summed E-state index contributed by atoms with van der Waals surface area (Å²) in [5.74, 6) is -0.337. The standard InChI is InChI=1S/C19H22ClNO3/c1-5-24-19(23)17-13(4)21(11-12(2)3)18(22)16(17)10-14-6-8-15(20)9-7-14/h6-10,12H,5,11H2,1-4H3/b16-10-. The van der Waals surface area contributed by atoms with E-state index >= 15 is 0 Å². The lowest BCUT2D eigenvalue weighted by atomic mass is 10.0. The molecule has 0 radical (unpaired) electrons. The molecule has 128 valence electrons. The number of ether oxygens (including phenoxy) is 1. The minimum absolute atomic E-state index is 0.167. The molecule has 1 aromatic rings. The van der Waals surface area contributed by atoms with Crippen molar-refractivity contribution in [3.05, 3.63) is 51.7 Å². The molecule has 0 atom stereocenters. The van der Waals surface area contributed by atoms with Crippen LogP contribution in [0.15, 0.2) is 41.1 Å². The molecule has 1 heterocycles. The van der Waals surface area contributed by atoms with Gasteiger partial charge < -0.3 is 9.64 Å². The number of carbonyl (C=O) groups excluding carboxylic acids is 2. The zero-order valence-electron chi connectivity index (χ0n) is 14.4. The Balaban J connectivity index is 2.48. The molecule has 0 N–H and O–H groups in total. The van der Waals surface area contributed by atoms with Gasteiger partial charge in [0.2, 0.25) is 0 Å². The fraction of sp³-hybridized carbons (Fsp3) is 0.368. The van der Waals surface area contributed by atoms with Gasteiger partial charge in [-0.25, -0.2) is 4.79 Å². The lowest BCUT2D eigenvalue weighted by Crippen LogP contribution is -2.28. The second-order valence-electron chi connectivity index (χ2n) is 6.10. The maximum absolute atomic E-state index is 12.8. The molecule has 24 heavy (non-hydrogen) atoms. The highest BCUT2D eigenvalue weighted by molar-refractivity contribution is 6.30. The van der Waals surface area contributed by atoms with Crippen LogP contribution in [0.5, 0.6) is 0 Å². The average molecular weight is 348 g/mol. The van der Waals surface area contributed by atoms with Gasteiger partial charge in [-0.3, -0.25) is 4.79 Å². The van der Waals surface area contributed by atoms with Crippen molar-refractivity contribution in [1.29, 1.82) is 0 Å². The SMILES string of the molecule is CCOC(=O)C1=C(C)N(CC(C)C)C(=O)/C1=C\c1ccc(Cl)cc1. The summed E-state index contributed by atoms with van der Waals surface area (Å²) in [7, 11) is 0. The molecule has 0 aromatic heterocycles. The van der Waals surface area contributed by atoms with Crippen molar-refractivity contribution < 1.29 is 14.3 Å². The third-order valence-corrected chi connectivity index (χ3v) is 3.97. The van der Waals surface area contributed by atoms with Crippen molar-refractivity contribution in [1.82, 2.24) is 4.90 Å². The first kappa shape index (κ1) is 18.3. The Morgan fingerprint density at radius 3 is 2.46 bits per heavy atom. The number of allylic oxidation sites excluding steroid dienone is 1. The number of amides is 1. The van der Waals surface area contributed by atoms with E-state index in [4.69, 9.17) is 16.3 Å².